The first-order valence-corrected chi connectivity index (χ1v) is 14.6. The lowest BCUT2D eigenvalue weighted by molar-refractivity contribution is 0.248. The minimum Gasteiger partial charge on any atom is -0.497 e. The number of aliphatic imine (C=N–C) groups is 1. The summed E-state index contributed by atoms with van der Waals surface area (Å²) in [5.74, 6) is 2.09. The number of nitrogens with zero attached hydrogens (tertiary/aromatic N) is 5. The van der Waals surface area contributed by atoms with Crippen molar-refractivity contribution in [3.8, 4) is 17.2 Å². The van der Waals surface area contributed by atoms with Gasteiger partial charge in [0, 0.05) is 37.7 Å². The zero-order valence-electron chi connectivity index (χ0n) is 23.9. The first-order chi connectivity index (χ1) is 19.6. The molecule has 0 saturated carbocycles. The maximum Gasteiger partial charge on any atom is 0.303 e. The highest BCUT2D eigenvalue weighted by atomic mass is 32.2. The number of anilines is 1. The molecule has 2 aliphatic rings. The van der Waals surface area contributed by atoms with Gasteiger partial charge >= 0.3 is 10.0 Å². The van der Waals surface area contributed by atoms with Crippen LogP contribution < -0.4 is 24.8 Å². The monoisotopic (exact) mass is 587 g/mol. The first-order valence-electron chi connectivity index (χ1n) is 13.2. The van der Waals surface area contributed by atoms with Crippen molar-refractivity contribution in [3.05, 3.63) is 48.1 Å². The van der Waals surface area contributed by atoms with Gasteiger partial charge in [-0.2, -0.15) is 8.42 Å². The summed E-state index contributed by atoms with van der Waals surface area (Å²) in [6, 6.07) is 3.13. The highest BCUT2D eigenvalue weighted by molar-refractivity contribution is 7.90. The summed E-state index contributed by atoms with van der Waals surface area (Å²) in [7, 11) is 4.34. The number of aryl methyl sites for hydroxylation is 1. The van der Waals surface area contributed by atoms with Crippen LogP contribution in [-0.4, -0.2) is 87.2 Å². The molecular formula is C27H37N7O6S. The van der Waals surface area contributed by atoms with Gasteiger partial charge in [-0.25, -0.2) is 4.98 Å². The summed E-state index contributed by atoms with van der Waals surface area (Å²) >= 11 is 0. The molecule has 3 N–H and O–H groups in total. The molecule has 0 fully saturated rings. The van der Waals surface area contributed by atoms with Crippen LogP contribution in [0.25, 0.3) is 0 Å². The average Bonchev–Trinajstić information content (AvgIpc) is 3.31. The summed E-state index contributed by atoms with van der Waals surface area (Å²) in [6.45, 7) is 0.853. The number of benzene rings is 1. The third-order valence-corrected chi connectivity index (χ3v) is 7.47. The molecule has 1 unspecified atom stereocenters. The van der Waals surface area contributed by atoms with Gasteiger partial charge in [-0.3, -0.25) is 4.99 Å². The Bertz CT molecular complexity index is 1480. The Hall–Kier alpha value is -3.88. The predicted molar refractivity (Wildman–Crippen MR) is 156 cm³/mol. The average molecular weight is 588 g/mol. The maximum atomic E-state index is 13.5. The van der Waals surface area contributed by atoms with Crippen LogP contribution in [0.3, 0.4) is 0 Å². The number of ether oxygens (including phenoxy) is 3. The predicted octanol–water partition coefficient (Wildman–Crippen LogP) is 2.06. The van der Waals surface area contributed by atoms with Gasteiger partial charge in [0.15, 0.2) is 28.2 Å². The number of nitrogens with one attached hydrogen (secondary N) is 2. The molecule has 41 heavy (non-hydrogen) atoms. The van der Waals surface area contributed by atoms with Crippen molar-refractivity contribution < 1.29 is 27.7 Å². The van der Waals surface area contributed by atoms with Crippen molar-refractivity contribution in [1.82, 2.24) is 19.8 Å². The molecule has 222 valence electrons. The molecule has 1 aliphatic heterocycles. The Morgan fingerprint density at radius 1 is 1.24 bits per heavy atom. The molecule has 1 aliphatic carbocycles. The van der Waals surface area contributed by atoms with Crippen LogP contribution in [0.5, 0.6) is 17.2 Å². The largest absolute Gasteiger partial charge is 0.497 e. The molecule has 0 radical (unpaired) electrons. The van der Waals surface area contributed by atoms with Gasteiger partial charge in [0.25, 0.3) is 0 Å². The number of amidine groups is 2. The van der Waals surface area contributed by atoms with Crippen LogP contribution in [0.4, 0.5) is 5.69 Å². The van der Waals surface area contributed by atoms with Crippen LogP contribution in [0.2, 0.25) is 0 Å². The third-order valence-electron chi connectivity index (χ3n) is 6.32. The highest BCUT2D eigenvalue weighted by Crippen LogP contribution is 2.40. The van der Waals surface area contributed by atoms with E-state index in [0.717, 1.165) is 5.70 Å². The molecule has 4 rings (SSSR count). The standard InChI is InChI=1S/C27H37N7O6S/c1-33(2)16-23-31-24(17-34(23)3)41(36,37)32-27-26(28-19-10-6-7-11-20(19)29-27)30-21-14-18(38-4)15-22(39-5)25(21)40-13-9-8-12-35/h6-7,11,14-15,17,19,35H,8-10,12-13,16H2,1-5H3,(H,28,30)(H,29,32). The summed E-state index contributed by atoms with van der Waals surface area (Å²) in [4.78, 5) is 11.0. The van der Waals surface area contributed by atoms with Gasteiger partial charge in [-0.15, -0.1) is 4.40 Å². The van der Waals surface area contributed by atoms with E-state index in [1.54, 1.807) is 23.7 Å². The molecule has 1 aromatic heterocycles. The van der Waals surface area contributed by atoms with E-state index in [2.05, 4.69) is 20.0 Å². The molecule has 1 atom stereocenters. The third kappa shape index (κ3) is 7.26. The number of fused-ring (bicyclic) bond motifs is 1. The van der Waals surface area contributed by atoms with E-state index < -0.39 is 10.0 Å². The molecule has 13 nitrogen and oxygen atoms in total. The number of hydrogen-bond donors (Lipinski definition) is 3. The molecule has 2 heterocycles. The second kappa shape index (κ2) is 13.2. The van der Waals surface area contributed by atoms with Crippen molar-refractivity contribution in [3.63, 3.8) is 0 Å². The van der Waals surface area contributed by atoms with Crippen LogP contribution >= 0.6 is 0 Å². The minimum atomic E-state index is -4.21. The van der Waals surface area contributed by atoms with E-state index in [9.17, 15) is 8.42 Å². The molecule has 0 spiro atoms. The van der Waals surface area contributed by atoms with Crippen LogP contribution in [0, 0.1) is 0 Å². The lowest BCUT2D eigenvalue weighted by Crippen LogP contribution is -2.44. The van der Waals surface area contributed by atoms with Crippen molar-refractivity contribution in [2.24, 2.45) is 16.4 Å². The Morgan fingerprint density at radius 2 is 2.05 bits per heavy atom. The van der Waals surface area contributed by atoms with Gasteiger partial charge in [0.05, 0.1) is 39.1 Å². The Morgan fingerprint density at radius 3 is 2.76 bits per heavy atom. The fraction of sp³-hybridized carbons (Fsp3) is 0.444. The number of aliphatic hydroxyl groups is 1. The summed E-state index contributed by atoms with van der Waals surface area (Å²) < 4.78 is 49.8. The second-order valence-electron chi connectivity index (χ2n) is 9.77. The van der Waals surface area contributed by atoms with Crippen molar-refractivity contribution in [2.75, 3.05) is 46.8 Å². The van der Waals surface area contributed by atoms with Gasteiger partial charge in [0.1, 0.15) is 11.6 Å². The first kappa shape index (κ1) is 30.1. The van der Waals surface area contributed by atoms with E-state index in [4.69, 9.17) is 24.3 Å². The second-order valence-corrected chi connectivity index (χ2v) is 11.3. The SMILES string of the molecule is COc1cc(NC2=NC3CC=CC=C3NC2=NS(=O)(=O)c2cn(C)c(CN(C)C)n2)c(OCCCCO)c(OC)c1. The lowest BCUT2D eigenvalue weighted by atomic mass is 10.0. The van der Waals surface area contributed by atoms with Gasteiger partial charge in [-0.1, -0.05) is 12.2 Å². The van der Waals surface area contributed by atoms with Gasteiger partial charge in [-0.05, 0) is 39.4 Å². The van der Waals surface area contributed by atoms with Gasteiger partial charge in [0.2, 0.25) is 0 Å². The van der Waals surface area contributed by atoms with Crippen LogP contribution in [-0.2, 0) is 23.6 Å². The topological polar surface area (TPSA) is 152 Å². The Balaban J connectivity index is 1.75. The molecule has 14 heteroatoms. The molecule has 2 aromatic rings. The zero-order valence-corrected chi connectivity index (χ0v) is 24.7. The fourth-order valence-corrected chi connectivity index (χ4v) is 5.21. The number of allylic oxidation sites excluding steroid dienone is 2. The van der Waals surface area contributed by atoms with Crippen molar-refractivity contribution >= 4 is 27.4 Å². The number of aliphatic hydroxyl groups excluding tert-OH is 1. The number of imidazole rings is 1. The number of hydrogen-bond acceptors (Lipinski definition) is 10. The lowest BCUT2D eigenvalue weighted by Gasteiger charge is -2.28. The molecular weight excluding hydrogens is 550 g/mol. The summed E-state index contributed by atoms with van der Waals surface area (Å²) in [5.41, 5.74) is 1.17. The van der Waals surface area contributed by atoms with Crippen LogP contribution in [0.1, 0.15) is 25.1 Å². The highest BCUT2D eigenvalue weighted by Gasteiger charge is 2.30. The fourth-order valence-electron chi connectivity index (χ4n) is 4.23. The number of sulfonamides is 1. The van der Waals surface area contributed by atoms with Crippen LogP contribution in [0.15, 0.2) is 56.7 Å². The van der Waals surface area contributed by atoms with Gasteiger partial charge < -0.3 is 39.4 Å². The van der Waals surface area contributed by atoms with E-state index in [0.29, 0.717) is 61.2 Å². The summed E-state index contributed by atoms with van der Waals surface area (Å²) in [6.07, 6.45) is 9.00. The van der Waals surface area contributed by atoms with Crippen molar-refractivity contribution in [1.29, 1.82) is 0 Å². The quantitative estimate of drug-likeness (QED) is 0.315. The normalized spacial score (nSPS) is 17.5. The Labute approximate surface area is 240 Å². The van der Waals surface area contributed by atoms with E-state index >= 15 is 0 Å². The number of unbranched alkanes of at least 4 members (excludes halogenated alkanes) is 1. The maximum absolute atomic E-state index is 13.5. The van der Waals surface area contributed by atoms with E-state index in [1.807, 2.05) is 37.2 Å². The summed E-state index contributed by atoms with van der Waals surface area (Å²) in [5, 5.41) is 15.3. The smallest absolute Gasteiger partial charge is 0.303 e. The number of rotatable bonds is 12. The molecule has 0 saturated heterocycles. The van der Waals surface area contributed by atoms with E-state index in [1.165, 1.54) is 20.4 Å². The molecule has 0 amide bonds. The number of methoxy groups -OCH3 is 2. The zero-order chi connectivity index (χ0) is 29.6. The minimum absolute atomic E-state index is 0.00984. The molecule has 0 bridgehead atoms. The van der Waals surface area contributed by atoms with E-state index in [-0.39, 0.29) is 29.3 Å². The molecule has 1 aromatic carbocycles. The number of aromatic nitrogens is 2. The Kier molecular flexibility index (Phi) is 9.68. The van der Waals surface area contributed by atoms with Crippen molar-refractivity contribution in [2.45, 2.75) is 36.9 Å².